The Morgan fingerprint density at radius 1 is 1.12 bits per heavy atom. The van der Waals surface area contributed by atoms with E-state index in [4.69, 9.17) is 11.6 Å². The molecule has 0 saturated carbocycles. The number of nitrogens with zero attached hydrogens (tertiary/aromatic N) is 2. The van der Waals surface area contributed by atoms with Crippen molar-refractivity contribution in [3.8, 4) is 22.6 Å². The first-order valence-electron chi connectivity index (χ1n) is 8.33. The van der Waals surface area contributed by atoms with Gasteiger partial charge in [-0.05, 0) is 71.1 Å². The average Bonchev–Trinajstić information content (AvgIpc) is 3.31. The minimum Gasteiger partial charge on any atom is -0.338 e. The number of aromatic nitrogens is 2. The Kier molecular flexibility index (Phi) is 5.36. The minimum atomic E-state index is -0.297. The lowest BCUT2D eigenvalue weighted by Gasteiger charge is -2.14. The Bertz CT molecular complexity index is 940. The third-order valence-electron chi connectivity index (χ3n) is 4.30. The van der Waals surface area contributed by atoms with Gasteiger partial charge < -0.3 is 4.98 Å². The zero-order chi connectivity index (χ0) is 18.1. The number of H-pyrrole nitrogens is 1. The van der Waals surface area contributed by atoms with Gasteiger partial charge in [0.05, 0.1) is 21.4 Å². The van der Waals surface area contributed by atoms with Crippen LogP contribution in [0.5, 0.6) is 0 Å². The Hall–Kier alpha value is -1.34. The second-order valence-corrected chi connectivity index (χ2v) is 8.55. The molecule has 7 heteroatoms. The van der Waals surface area contributed by atoms with Crippen LogP contribution in [-0.2, 0) is 0 Å². The summed E-state index contributed by atoms with van der Waals surface area (Å²) in [6, 6.07) is 10.9. The predicted octanol–water partition coefficient (Wildman–Crippen LogP) is 6.40. The SMILES string of the molecule is Fc1cc(-c2cnc(-c3ccc(Cl)c(SN4CCCC4)c3)[nH]2)ccc1Br. The van der Waals surface area contributed by atoms with E-state index in [9.17, 15) is 4.39 Å². The van der Waals surface area contributed by atoms with Crippen molar-refractivity contribution in [1.29, 1.82) is 0 Å². The Morgan fingerprint density at radius 2 is 1.88 bits per heavy atom. The molecule has 134 valence electrons. The summed E-state index contributed by atoms with van der Waals surface area (Å²) < 4.78 is 16.6. The van der Waals surface area contributed by atoms with E-state index in [1.807, 2.05) is 18.2 Å². The Morgan fingerprint density at radius 3 is 2.65 bits per heavy atom. The fourth-order valence-corrected chi connectivity index (χ4v) is 4.44. The number of hydrogen-bond acceptors (Lipinski definition) is 3. The van der Waals surface area contributed by atoms with Crippen LogP contribution in [0.3, 0.4) is 0 Å². The summed E-state index contributed by atoms with van der Waals surface area (Å²) in [5.74, 6) is 0.442. The number of rotatable bonds is 4. The van der Waals surface area contributed by atoms with Crippen molar-refractivity contribution in [1.82, 2.24) is 14.3 Å². The Labute approximate surface area is 169 Å². The maximum Gasteiger partial charge on any atom is 0.138 e. The highest BCUT2D eigenvalue weighted by Crippen LogP contribution is 2.35. The fraction of sp³-hybridized carbons (Fsp3) is 0.211. The van der Waals surface area contributed by atoms with Crippen molar-refractivity contribution in [3.05, 3.63) is 57.9 Å². The monoisotopic (exact) mass is 451 g/mol. The van der Waals surface area contributed by atoms with Crippen molar-refractivity contribution in [2.24, 2.45) is 0 Å². The summed E-state index contributed by atoms with van der Waals surface area (Å²) in [5.41, 5.74) is 2.49. The van der Waals surface area contributed by atoms with Gasteiger partial charge in [0.15, 0.2) is 0 Å². The molecule has 0 unspecified atom stereocenters. The molecular formula is C19H16BrClFN3S. The summed E-state index contributed by atoms with van der Waals surface area (Å²) in [4.78, 5) is 8.76. The maximum atomic E-state index is 13.8. The molecule has 3 aromatic rings. The topological polar surface area (TPSA) is 31.9 Å². The third kappa shape index (κ3) is 3.83. The van der Waals surface area contributed by atoms with Crippen molar-refractivity contribution in [2.45, 2.75) is 17.7 Å². The van der Waals surface area contributed by atoms with E-state index in [0.717, 1.165) is 45.7 Å². The summed E-state index contributed by atoms with van der Waals surface area (Å²) in [7, 11) is 0. The van der Waals surface area contributed by atoms with E-state index < -0.39 is 0 Å². The maximum absolute atomic E-state index is 13.8. The number of halogens is 3. The van der Waals surface area contributed by atoms with Crippen molar-refractivity contribution >= 4 is 39.5 Å². The second kappa shape index (κ2) is 7.72. The molecule has 2 aromatic carbocycles. The minimum absolute atomic E-state index is 0.297. The van der Waals surface area contributed by atoms with Gasteiger partial charge in [0, 0.05) is 29.1 Å². The molecule has 1 fully saturated rings. The van der Waals surface area contributed by atoms with Crippen LogP contribution in [-0.4, -0.2) is 27.4 Å². The number of nitrogens with one attached hydrogen (secondary N) is 1. The molecule has 1 aliphatic heterocycles. The normalized spacial score (nSPS) is 14.9. The largest absolute Gasteiger partial charge is 0.338 e. The standard InChI is InChI=1S/C19H16BrClFN3S/c20-14-5-3-12(9-16(14)22)17-11-23-19(24-17)13-4-6-15(21)18(10-13)26-25-7-1-2-8-25/h3-6,9-11H,1-2,7-8H2,(H,23,24). The van der Waals surface area contributed by atoms with Crippen LogP contribution in [0, 0.1) is 5.82 Å². The summed E-state index contributed by atoms with van der Waals surface area (Å²) >= 11 is 11.2. The quantitative estimate of drug-likeness (QED) is 0.465. The number of hydrogen-bond donors (Lipinski definition) is 1. The molecule has 0 aliphatic carbocycles. The van der Waals surface area contributed by atoms with E-state index in [1.165, 1.54) is 18.9 Å². The average molecular weight is 453 g/mol. The molecule has 4 rings (SSSR count). The first-order valence-corrected chi connectivity index (χ1v) is 10.3. The number of aromatic amines is 1. The highest BCUT2D eigenvalue weighted by atomic mass is 79.9. The highest BCUT2D eigenvalue weighted by Gasteiger charge is 2.16. The molecule has 3 nitrogen and oxygen atoms in total. The molecule has 1 aromatic heterocycles. The molecule has 1 aliphatic rings. The number of benzene rings is 2. The van der Waals surface area contributed by atoms with Gasteiger partial charge in [-0.15, -0.1) is 0 Å². The van der Waals surface area contributed by atoms with Crippen LogP contribution in [0.4, 0.5) is 4.39 Å². The number of imidazole rings is 1. The van der Waals surface area contributed by atoms with Gasteiger partial charge >= 0.3 is 0 Å². The molecule has 0 spiro atoms. The van der Waals surface area contributed by atoms with Gasteiger partial charge in [-0.1, -0.05) is 17.7 Å². The van der Waals surface area contributed by atoms with Crippen LogP contribution in [0.1, 0.15) is 12.8 Å². The van der Waals surface area contributed by atoms with Gasteiger partial charge in [0.1, 0.15) is 11.6 Å². The first kappa shape index (κ1) is 18.0. The summed E-state index contributed by atoms with van der Waals surface area (Å²) in [6.45, 7) is 2.18. The van der Waals surface area contributed by atoms with Crippen molar-refractivity contribution in [3.63, 3.8) is 0 Å². The lowest BCUT2D eigenvalue weighted by molar-refractivity contribution is 0.586. The molecule has 0 bridgehead atoms. The molecule has 0 amide bonds. The second-order valence-electron chi connectivity index (χ2n) is 6.15. The van der Waals surface area contributed by atoms with E-state index in [0.29, 0.717) is 4.47 Å². The zero-order valence-electron chi connectivity index (χ0n) is 13.8. The highest BCUT2D eigenvalue weighted by molar-refractivity contribution is 9.10. The van der Waals surface area contributed by atoms with Crippen molar-refractivity contribution in [2.75, 3.05) is 13.1 Å². The fourth-order valence-electron chi connectivity index (χ4n) is 2.92. The molecular weight excluding hydrogens is 437 g/mol. The van der Waals surface area contributed by atoms with Crippen molar-refractivity contribution < 1.29 is 4.39 Å². The smallest absolute Gasteiger partial charge is 0.138 e. The van der Waals surface area contributed by atoms with Gasteiger partial charge in [-0.2, -0.15) is 0 Å². The summed E-state index contributed by atoms with van der Waals surface area (Å²) in [6.07, 6.45) is 4.19. The lowest BCUT2D eigenvalue weighted by atomic mass is 10.2. The molecule has 1 saturated heterocycles. The van der Waals surface area contributed by atoms with Gasteiger partial charge in [0.2, 0.25) is 0 Å². The van der Waals surface area contributed by atoms with Gasteiger partial charge in [-0.3, -0.25) is 0 Å². The molecule has 1 N–H and O–H groups in total. The first-order chi connectivity index (χ1) is 12.6. The van der Waals surface area contributed by atoms with Crippen LogP contribution in [0.15, 0.2) is 52.0 Å². The zero-order valence-corrected chi connectivity index (χ0v) is 17.0. The van der Waals surface area contributed by atoms with Crippen LogP contribution >= 0.6 is 39.5 Å². The van der Waals surface area contributed by atoms with Gasteiger partial charge in [0.25, 0.3) is 0 Å². The van der Waals surface area contributed by atoms with E-state index in [1.54, 1.807) is 24.2 Å². The van der Waals surface area contributed by atoms with E-state index >= 15 is 0 Å². The lowest BCUT2D eigenvalue weighted by Crippen LogP contribution is -2.08. The van der Waals surface area contributed by atoms with E-state index in [-0.39, 0.29) is 5.82 Å². The third-order valence-corrected chi connectivity index (χ3v) is 6.55. The molecule has 26 heavy (non-hydrogen) atoms. The summed E-state index contributed by atoms with van der Waals surface area (Å²) in [5, 5.41) is 0.743. The molecule has 0 radical (unpaired) electrons. The Balaban J connectivity index is 1.61. The van der Waals surface area contributed by atoms with Gasteiger partial charge in [-0.25, -0.2) is 13.7 Å². The van der Waals surface area contributed by atoms with Crippen LogP contribution in [0.2, 0.25) is 5.02 Å². The van der Waals surface area contributed by atoms with E-state index in [2.05, 4.69) is 36.3 Å². The molecule has 2 heterocycles. The molecule has 0 atom stereocenters. The predicted molar refractivity (Wildman–Crippen MR) is 109 cm³/mol. The van der Waals surface area contributed by atoms with Crippen LogP contribution < -0.4 is 0 Å². The van der Waals surface area contributed by atoms with Crippen LogP contribution in [0.25, 0.3) is 22.6 Å².